The first kappa shape index (κ1) is 10.2. The summed E-state index contributed by atoms with van der Waals surface area (Å²) in [5.41, 5.74) is 0. The highest BCUT2D eigenvalue weighted by Crippen LogP contribution is 2.12. The zero-order valence-corrected chi connectivity index (χ0v) is 7.57. The normalized spacial score (nSPS) is 14.0. The first-order valence-corrected chi connectivity index (χ1v) is 4.93. The van der Waals surface area contributed by atoms with Crippen molar-refractivity contribution in [2.24, 2.45) is 0 Å². The van der Waals surface area contributed by atoms with Gasteiger partial charge in [0.25, 0.3) is 10.1 Å². The van der Waals surface area contributed by atoms with E-state index in [1.54, 1.807) is 18.2 Å². The van der Waals surface area contributed by atoms with Crippen LogP contribution in [0.5, 0.6) is 0 Å². The van der Waals surface area contributed by atoms with Gasteiger partial charge >= 0.3 is 0 Å². The largest absolute Gasteiger partial charge is 0.367 e. The van der Waals surface area contributed by atoms with Crippen LogP contribution in [0.15, 0.2) is 35.2 Å². The van der Waals surface area contributed by atoms with E-state index in [1.807, 2.05) is 0 Å². The molecule has 1 atom stereocenters. The van der Waals surface area contributed by atoms with E-state index in [4.69, 9.17) is 5.11 Å². The Kier molecular flexibility index (Phi) is 3.02. The smallest absolute Gasteiger partial charge is 0.299 e. The zero-order valence-electron chi connectivity index (χ0n) is 6.75. The van der Waals surface area contributed by atoms with Gasteiger partial charge in [0.1, 0.15) is 0 Å². The Hall–Kier alpha value is -0.910. The molecule has 0 aliphatic carbocycles. The second-order valence-electron chi connectivity index (χ2n) is 2.32. The summed E-state index contributed by atoms with van der Waals surface area (Å²) in [6, 6.07) is 7.55. The molecular weight excluding hydrogens is 192 g/mol. The monoisotopic (exact) mass is 201 g/mol. The van der Waals surface area contributed by atoms with Gasteiger partial charge in [-0.25, -0.2) is 4.18 Å². The van der Waals surface area contributed by atoms with Crippen LogP contribution in [0.2, 0.25) is 0 Å². The first-order chi connectivity index (χ1) is 6.02. The average Bonchev–Trinajstić information content (AvgIpc) is 2.04. The highest BCUT2D eigenvalue weighted by atomic mass is 32.2. The molecule has 0 aliphatic heterocycles. The van der Waals surface area contributed by atoms with Crippen LogP contribution in [0.3, 0.4) is 0 Å². The summed E-state index contributed by atoms with van der Waals surface area (Å²) in [4.78, 5) is -0.00213. The van der Waals surface area contributed by atoms with Crippen molar-refractivity contribution in [2.45, 2.75) is 11.2 Å². The highest BCUT2D eigenvalue weighted by molar-refractivity contribution is 7.86. The van der Waals surface area contributed by atoms with E-state index < -0.39 is 16.4 Å². The Morgan fingerprint density at radius 3 is 2.31 bits per heavy atom. The van der Waals surface area contributed by atoms with Crippen molar-refractivity contribution in [3.05, 3.63) is 37.3 Å². The number of hydrogen-bond acceptors (Lipinski definition) is 4. The third-order valence-electron chi connectivity index (χ3n) is 1.27. The minimum absolute atomic E-state index is 0.00213. The van der Waals surface area contributed by atoms with E-state index in [0.29, 0.717) is 0 Å². The van der Waals surface area contributed by atoms with Gasteiger partial charge in [0, 0.05) is 6.92 Å². The van der Waals surface area contributed by atoms with Crippen molar-refractivity contribution < 1.29 is 17.7 Å². The van der Waals surface area contributed by atoms with E-state index in [2.05, 4.69) is 11.1 Å². The second-order valence-corrected chi connectivity index (χ2v) is 3.89. The van der Waals surface area contributed by atoms with E-state index in [-0.39, 0.29) is 4.90 Å². The molecule has 4 nitrogen and oxygen atoms in total. The Bertz CT molecular complexity index is 355. The van der Waals surface area contributed by atoms with Gasteiger partial charge in [-0.05, 0) is 12.1 Å². The number of rotatable bonds is 3. The lowest BCUT2D eigenvalue weighted by molar-refractivity contribution is 0.0282. The van der Waals surface area contributed by atoms with Gasteiger partial charge in [0.05, 0.1) is 4.90 Å². The molecule has 1 N–H and O–H groups in total. The summed E-state index contributed by atoms with van der Waals surface area (Å²) in [6.45, 7) is 3.00. The van der Waals surface area contributed by atoms with Crippen LogP contribution >= 0.6 is 0 Å². The van der Waals surface area contributed by atoms with E-state index >= 15 is 0 Å². The number of aliphatic hydroxyl groups is 1. The van der Waals surface area contributed by atoms with Gasteiger partial charge < -0.3 is 5.11 Å². The third-order valence-corrected chi connectivity index (χ3v) is 2.59. The summed E-state index contributed by atoms with van der Waals surface area (Å²) in [6.07, 6.45) is -1.58. The van der Waals surface area contributed by atoms with Crippen molar-refractivity contribution in [3.63, 3.8) is 0 Å². The van der Waals surface area contributed by atoms with Crippen LogP contribution in [0.1, 0.15) is 0 Å². The summed E-state index contributed by atoms with van der Waals surface area (Å²) in [7, 11) is -3.87. The average molecular weight is 201 g/mol. The van der Waals surface area contributed by atoms with Crippen LogP contribution < -0.4 is 0 Å². The maximum Gasteiger partial charge on any atom is 0.299 e. The Labute approximate surface area is 76.9 Å². The van der Waals surface area contributed by atoms with Crippen molar-refractivity contribution in [2.75, 3.05) is 0 Å². The third kappa shape index (κ3) is 2.80. The molecule has 0 heterocycles. The van der Waals surface area contributed by atoms with Crippen molar-refractivity contribution in [1.29, 1.82) is 0 Å². The lowest BCUT2D eigenvalue weighted by Crippen LogP contribution is -2.14. The molecule has 0 saturated carbocycles. The Balaban J connectivity index is 2.96. The molecule has 1 unspecified atom stereocenters. The van der Waals surface area contributed by atoms with Gasteiger partial charge in [-0.3, -0.25) is 0 Å². The molecule has 0 amide bonds. The number of benzene rings is 1. The lowest BCUT2D eigenvalue weighted by atomic mass is 10.4. The fourth-order valence-corrected chi connectivity index (χ4v) is 1.68. The van der Waals surface area contributed by atoms with Crippen molar-refractivity contribution in [1.82, 2.24) is 0 Å². The van der Waals surface area contributed by atoms with Crippen LogP contribution in [0, 0.1) is 6.92 Å². The fourth-order valence-electron chi connectivity index (χ4n) is 0.789. The van der Waals surface area contributed by atoms with Gasteiger partial charge in [-0.15, -0.1) is 0 Å². The molecule has 1 radical (unpaired) electrons. The lowest BCUT2D eigenvalue weighted by Gasteiger charge is -2.06. The fraction of sp³-hybridized carbons (Fsp3) is 0.125. The minimum Gasteiger partial charge on any atom is -0.367 e. The molecule has 71 valence electrons. The van der Waals surface area contributed by atoms with E-state index in [9.17, 15) is 8.42 Å². The highest BCUT2D eigenvalue weighted by Gasteiger charge is 2.16. The topological polar surface area (TPSA) is 63.6 Å². The van der Waals surface area contributed by atoms with Gasteiger partial charge in [-0.1, -0.05) is 18.2 Å². The summed E-state index contributed by atoms with van der Waals surface area (Å²) in [5.74, 6) is 0. The molecule has 1 aromatic carbocycles. The number of aliphatic hydroxyl groups excluding tert-OH is 1. The van der Waals surface area contributed by atoms with Crippen molar-refractivity contribution >= 4 is 10.1 Å². The first-order valence-electron chi connectivity index (χ1n) is 3.52. The van der Waals surface area contributed by atoms with Crippen LogP contribution in [0.4, 0.5) is 0 Å². The standard InChI is InChI=1S/C8H9O4S/c1-7(9)12-13(10,11)8-5-3-2-4-6-8/h2-7,9H,1H2. The van der Waals surface area contributed by atoms with E-state index in [0.717, 1.165) is 0 Å². The molecule has 0 aliphatic rings. The molecular formula is C8H9O4S. The SMILES string of the molecule is [CH2]C(O)OS(=O)(=O)c1ccccc1. The van der Waals surface area contributed by atoms with Gasteiger partial charge in [0.2, 0.25) is 0 Å². The molecule has 1 rings (SSSR count). The van der Waals surface area contributed by atoms with Crippen LogP contribution in [-0.4, -0.2) is 19.8 Å². The van der Waals surface area contributed by atoms with E-state index in [1.165, 1.54) is 12.1 Å². The number of hydrogen-bond donors (Lipinski definition) is 1. The Morgan fingerprint density at radius 1 is 1.31 bits per heavy atom. The predicted octanol–water partition coefficient (Wildman–Crippen LogP) is 0.544. The molecule has 0 bridgehead atoms. The zero-order chi connectivity index (χ0) is 9.90. The minimum atomic E-state index is -3.87. The van der Waals surface area contributed by atoms with Crippen molar-refractivity contribution in [3.8, 4) is 0 Å². The molecule has 0 fully saturated rings. The molecule has 1 aromatic rings. The maximum absolute atomic E-state index is 11.2. The second kappa shape index (κ2) is 3.87. The molecule has 13 heavy (non-hydrogen) atoms. The van der Waals surface area contributed by atoms with Crippen LogP contribution in [0.25, 0.3) is 0 Å². The molecule has 5 heteroatoms. The Morgan fingerprint density at radius 2 is 1.85 bits per heavy atom. The quantitative estimate of drug-likeness (QED) is 0.572. The predicted molar refractivity (Wildman–Crippen MR) is 46.1 cm³/mol. The maximum atomic E-state index is 11.2. The van der Waals surface area contributed by atoms with Gasteiger partial charge in [0.15, 0.2) is 6.29 Å². The van der Waals surface area contributed by atoms with Crippen LogP contribution in [-0.2, 0) is 14.3 Å². The summed E-state index contributed by atoms with van der Waals surface area (Å²) in [5, 5.41) is 8.64. The summed E-state index contributed by atoms with van der Waals surface area (Å²) >= 11 is 0. The molecule has 0 spiro atoms. The summed E-state index contributed by atoms with van der Waals surface area (Å²) < 4.78 is 26.7. The molecule has 0 aromatic heterocycles. The molecule has 0 saturated heterocycles. The van der Waals surface area contributed by atoms with Gasteiger partial charge in [-0.2, -0.15) is 8.42 Å².